The van der Waals surface area contributed by atoms with E-state index in [1.54, 1.807) is 24.3 Å². The summed E-state index contributed by atoms with van der Waals surface area (Å²) < 4.78 is 53.2. The van der Waals surface area contributed by atoms with Crippen LogP contribution >= 0.6 is 22.6 Å². The maximum atomic E-state index is 13.8. The molecule has 7 fully saturated rings. The van der Waals surface area contributed by atoms with Gasteiger partial charge in [0.15, 0.2) is 0 Å². The van der Waals surface area contributed by atoms with E-state index in [4.69, 9.17) is 14.2 Å². The summed E-state index contributed by atoms with van der Waals surface area (Å²) in [7, 11) is -4.49. The van der Waals surface area contributed by atoms with Gasteiger partial charge >= 0.3 is 17.9 Å². The molecule has 9 rings (SSSR count). The summed E-state index contributed by atoms with van der Waals surface area (Å²) in [5.41, 5.74) is 0.918. The molecule has 0 radical (unpaired) electrons. The minimum absolute atomic E-state index is 0.0268. The van der Waals surface area contributed by atoms with Crippen molar-refractivity contribution in [2.24, 2.45) is 47.3 Å². The first kappa shape index (κ1) is 28.0. The second-order valence-corrected chi connectivity index (χ2v) is 16.0. The minimum Gasteiger partial charge on any atom is -0.458 e. The summed E-state index contributed by atoms with van der Waals surface area (Å²) in [6, 6.07) is 11.4. The van der Waals surface area contributed by atoms with Gasteiger partial charge in [0.25, 0.3) is 10.1 Å². The molecule has 6 atom stereocenters. The zero-order chi connectivity index (χ0) is 29.8. The lowest BCUT2D eigenvalue weighted by molar-refractivity contribution is -0.149. The van der Waals surface area contributed by atoms with Gasteiger partial charge in [0.05, 0.1) is 22.3 Å². The first-order valence-corrected chi connectivity index (χ1v) is 17.6. The number of rotatable bonds is 6. The fourth-order valence-electron chi connectivity index (χ4n) is 9.99. The smallest absolute Gasteiger partial charge is 0.339 e. The molecule has 0 spiro atoms. The molecule has 6 aliphatic carbocycles. The van der Waals surface area contributed by atoms with Crippen molar-refractivity contribution < 1.29 is 41.6 Å². The lowest BCUT2D eigenvalue weighted by Crippen LogP contribution is -2.44. The monoisotopic (exact) mass is 718 g/mol. The van der Waals surface area contributed by atoms with Gasteiger partial charge in [0.1, 0.15) is 18.0 Å². The highest BCUT2D eigenvalue weighted by molar-refractivity contribution is 14.1. The van der Waals surface area contributed by atoms with Crippen LogP contribution in [0.1, 0.15) is 60.4 Å². The van der Waals surface area contributed by atoms with Crippen LogP contribution in [-0.4, -0.2) is 43.1 Å². The molecule has 11 heteroatoms. The topological polar surface area (TPSA) is 133 Å². The Hall–Kier alpha value is -2.51. The maximum absolute atomic E-state index is 13.8. The molecule has 7 aliphatic rings. The van der Waals surface area contributed by atoms with Gasteiger partial charge in [0.2, 0.25) is 0 Å². The van der Waals surface area contributed by atoms with Crippen molar-refractivity contribution in [3.63, 3.8) is 0 Å². The highest BCUT2D eigenvalue weighted by atomic mass is 127. The van der Waals surface area contributed by atoms with Crippen molar-refractivity contribution in [1.29, 1.82) is 0 Å². The summed E-state index contributed by atoms with van der Waals surface area (Å²) in [6.07, 6.45) is 4.59. The van der Waals surface area contributed by atoms with E-state index in [2.05, 4.69) is 22.6 Å². The van der Waals surface area contributed by atoms with E-state index in [0.29, 0.717) is 41.2 Å². The number of carbonyl (C=O) groups is 3. The van der Waals surface area contributed by atoms with Crippen molar-refractivity contribution >= 4 is 50.6 Å². The first-order valence-electron chi connectivity index (χ1n) is 15.1. The van der Waals surface area contributed by atoms with Crippen LogP contribution in [0.2, 0.25) is 0 Å². The van der Waals surface area contributed by atoms with E-state index in [1.807, 2.05) is 6.07 Å². The van der Waals surface area contributed by atoms with Crippen LogP contribution in [0, 0.1) is 50.9 Å². The van der Waals surface area contributed by atoms with Gasteiger partial charge in [-0.15, -0.1) is 0 Å². The van der Waals surface area contributed by atoms with Gasteiger partial charge < -0.3 is 14.2 Å². The van der Waals surface area contributed by atoms with Gasteiger partial charge in [-0.2, -0.15) is 8.42 Å². The molecule has 0 aromatic heterocycles. The molecule has 0 amide bonds. The van der Waals surface area contributed by atoms with Crippen molar-refractivity contribution in [3.05, 3.63) is 57.2 Å². The van der Waals surface area contributed by atoms with Gasteiger partial charge in [-0.05, 0) is 127 Å². The van der Waals surface area contributed by atoms with Gasteiger partial charge in [-0.1, -0.05) is 12.1 Å². The van der Waals surface area contributed by atoms with E-state index in [0.717, 1.165) is 29.3 Å². The standard InChI is InChI=1S/C32H31IO9S/c33-23-4-2-1-3-19(23)30(34)41-28-21-13-22-27(32(36)42-29(22)28)26(21)31(35)40-18-5-6-24(43(37,38)39)20(12-18)25-16-8-14-7-15(10-16)11-17(25)9-14/h1-6,12,14-17,21-22,25-29H,7-11,13H2,(H,37,38,39). The fourth-order valence-corrected chi connectivity index (χ4v) is 11.3. The molecule has 2 aromatic rings. The van der Waals surface area contributed by atoms with E-state index < -0.39 is 58.0 Å². The molecule has 6 unspecified atom stereocenters. The van der Waals surface area contributed by atoms with Crippen molar-refractivity contribution in [1.82, 2.24) is 0 Å². The highest BCUT2D eigenvalue weighted by Crippen LogP contribution is 2.61. The Balaban J connectivity index is 1.07. The molecular weight excluding hydrogens is 687 g/mol. The van der Waals surface area contributed by atoms with Gasteiger partial charge in [-0.3, -0.25) is 14.1 Å². The average molecular weight is 719 g/mol. The zero-order valence-corrected chi connectivity index (χ0v) is 26.1. The van der Waals surface area contributed by atoms with Crippen molar-refractivity contribution in [2.45, 2.75) is 61.5 Å². The summed E-state index contributed by atoms with van der Waals surface area (Å²) in [5.74, 6) is -1.67. The fraction of sp³-hybridized carbons (Fsp3) is 0.531. The Morgan fingerprint density at radius 2 is 1.60 bits per heavy atom. The van der Waals surface area contributed by atoms with Crippen LogP contribution in [0.4, 0.5) is 0 Å². The molecule has 226 valence electrons. The van der Waals surface area contributed by atoms with E-state index in [1.165, 1.54) is 18.6 Å². The Morgan fingerprint density at radius 1 is 0.907 bits per heavy atom. The SMILES string of the molecule is O=C(OC1C2CC3C1OC(=O)C3C2C(=O)Oc1ccc(S(=O)(=O)O)c(C2C3CC4CC(C3)CC2C4)c1)c1ccccc1I. The Bertz CT molecular complexity index is 1630. The molecule has 43 heavy (non-hydrogen) atoms. The third-order valence-corrected chi connectivity index (χ3v) is 13.1. The predicted octanol–water partition coefficient (Wildman–Crippen LogP) is 5.02. The first-order chi connectivity index (χ1) is 20.6. The second-order valence-electron chi connectivity index (χ2n) is 13.4. The predicted molar refractivity (Wildman–Crippen MR) is 158 cm³/mol. The summed E-state index contributed by atoms with van der Waals surface area (Å²) in [4.78, 5) is 39.6. The van der Waals surface area contributed by atoms with Crippen LogP contribution < -0.4 is 4.74 Å². The van der Waals surface area contributed by atoms with Gasteiger partial charge in [0, 0.05) is 15.4 Å². The van der Waals surface area contributed by atoms with E-state index in [9.17, 15) is 27.4 Å². The number of ether oxygens (including phenoxy) is 3. The van der Waals surface area contributed by atoms with Crippen LogP contribution in [0.3, 0.4) is 0 Å². The number of halogens is 1. The molecular formula is C32H31IO9S. The van der Waals surface area contributed by atoms with E-state index >= 15 is 0 Å². The molecule has 6 saturated carbocycles. The van der Waals surface area contributed by atoms with Crippen molar-refractivity contribution in [3.8, 4) is 5.75 Å². The van der Waals surface area contributed by atoms with Crippen LogP contribution in [0.5, 0.6) is 5.75 Å². The number of hydrogen-bond donors (Lipinski definition) is 1. The molecule has 6 bridgehead atoms. The van der Waals surface area contributed by atoms with Crippen molar-refractivity contribution in [2.75, 3.05) is 0 Å². The molecule has 1 N–H and O–H groups in total. The molecule has 1 heterocycles. The normalized spacial score (nSPS) is 38.3. The lowest BCUT2D eigenvalue weighted by Gasteiger charge is -2.54. The minimum atomic E-state index is -4.49. The lowest BCUT2D eigenvalue weighted by atomic mass is 9.51. The Morgan fingerprint density at radius 3 is 2.28 bits per heavy atom. The number of carbonyl (C=O) groups excluding carboxylic acids is 3. The molecule has 1 aliphatic heterocycles. The summed E-state index contributed by atoms with van der Waals surface area (Å²) >= 11 is 2.06. The molecule has 2 aromatic carbocycles. The number of fused-ring (bicyclic) bond motifs is 1. The van der Waals surface area contributed by atoms with Gasteiger partial charge in [-0.25, -0.2) is 4.79 Å². The maximum Gasteiger partial charge on any atom is 0.339 e. The van der Waals surface area contributed by atoms with Crippen LogP contribution in [0.25, 0.3) is 0 Å². The summed E-state index contributed by atoms with van der Waals surface area (Å²) in [5, 5.41) is 0. The number of esters is 3. The zero-order valence-electron chi connectivity index (χ0n) is 23.1. The third-order valence-electron chi connectivity index (χ3n) is 11.2. The van der Waals surface area contributed by atoms with Crippen LogP contribution in [-0.2, 0) is 29.2 Å². The van der Waals surface area contributed by atoms with Crippen LogP contribution in [0.15, 0.2) is 47.4 Å². The average Bonchev–Trinajstić information content (AvgIpc) is 3.56. The number of hydrogen-bond acceptors (Lipinski definition) is 8. The largest absolute Gasteiger partial charge is 0.458 e. The highest BCUT2D eigenvalue weighted by Gasteiger charge is 2.70. The quantitative estimate of drug-likeness (QED) is 0.189. The molecule has 1 saturated heterocycles. The Kier molecular flexibility index (Phi) is 6.51. The Labute approximate surface area is 262 Å². The second kappa shape index (κ2) is 10.00. The van der Waals surface area contributed by atoms with E-state index in [-0.39, 0.29) is 22.5 Å². The molecule has 9 nitrogen and oxygen atoms in total. The third kappa shape index (κ3) is 4.47. The summed E-state index contributed by atoms with van der Waals surface area (Å²) in [6.45, 7) is 0. The number of benzene rings is 2.